The zero-order chi connectivity index (χ0) is 18.1. The Morgan fingerprint density at radius 3 is 2.21 bits per heavy atom. The number of methoxy groups -OCH3 is 2. The zero-order valence-electron chi connectivity index (χ0n) is 13.6. The fourth-order valence-electron chi connectivity index (χ4n) is 3.35. The van der Waals surface area contributed by atoms with Crippen molar-refractivity contribution in [2.24, 2.45) is 11.8 Å². The molecule has 1 aliphatic carbocycles. The Labute approximate surface area is 138 Å². The molecule has 6 nitrogen and oxygen atoms in total. The predicted molar refractivity (Wildman–Crippen MR) is 80.4 cm³/mol. The van der Waals surface area contributed by atoms with Crippen LogP contribution in [0.4, 0.5) is 4.39 Å². The zero-order valence-corrected chi connectivity index (χ0v) is 13.6. The molecule has 1 saturated carbocycles. The highest BCUT2D eigenvalue weighted by Crippen LogP contribution is 2.46. The number of carbonyl (C=O) groups excluding carboxylic acids is 3. The molecular formula is C17H19FO6. The third-order valence-electron chi connectivity index (χ3n) is 4.43. The average molecular weight is 338 g/mol. The molecule has 4 atom stereocenters. The van der Waals surface area contributed by atoms with Crippen LogP contribution in [-0.2, 0) is 23.9 Å². The first-order chi connectivity index (χ1) is 11.2. The molecule has 4 unspecified atom stereocenters. The summed E-state index contributed by atoms with van der Waals surface area (Å²) in [4.78, 5) is 36.9. The number of aliphatic hydroxyl groups is 1. The highest BCUT2D eigenvalue weighted by Gasteiger charge is 2.56. The Morgan fingerprint density at radius 1 is 1.17 bits per heavy atom. The number of carbonyl (C=O) groups is 3. The number of ether oxygens (including phenoxy) is 2. The molecule has 1 aromatic carbocycles. The summed E-state index contributed by atoms with van der Waals surface area (Å²) in [7, 11) is 2.29. The van der Waals surface area contributed by atoms with Crippen molar-refractivity contribution in [1.82, 2.24) is 0 Å². The highest BCUT2D eigenvalue weighted by molar-refractivity contribution is 6.02. The van der Waals surface area contributed by atoms with Crippen molar-refractivity contribution in [3.8, 4) is 0 Å². The number of Topliss-reactive ketones (excluding diaryl/α,β-unsaturated/α-hetero) is 1. The minimum absolute atomic E-state index is 0.371. The van der Waals surface area contributed by atoms with Gasteiger partial charge in [0.25, 0.3) is 0 Å². The van der Waals surface area contributed by atoms with Gasteiger partial charge in [0.1, 0.15) is 11.7 Å². The summed E-state index contributed by atoms with van der Waals surface area (Å²) in [6.45, 7) is 1.34. The molecule has 0 saturated heterocycles. The first kappa shape index (κ1) is 18.1. The van der Waals surface area contributed by atoms with E-state index < -0.39 is 46.9 Å². The normalized spacial score (nSPS) is 29.9. The monoisotopic (exact) mass is 338 g/mol. The van der Waals surface area contributed by atoms with Crippen molar-refractivity contribution in [3.05, 3.63) is 35.6 Å². The minimum Gasteiger partial charge on any atom is -0.469 e. The Hall–Kier alpha value is -2.28. The van der Waals surface area contributed by atoms with Gasteiger partial charge < -0.3 is 14.6 Å². The number of esters is 2. The second-order valence-corrected chi connectivity index (χ2v) is 6.08. The second-order valence-electron chi connectivity index (χ2n) is 6.08. The number of benzene rings is 1. The van der Waals surface area contributed by atoms with Crippen molar-refractivity contribution in [2.45, 2.75) is 24.9 Å². The van der Waals surface area contributed by atoms with Crippen molar-refractivity contribution in [2.75, 3.05) is 14.2 Å². The SMILES string of the molecule is COC(=O)C1C(=O)CC(C)(O)C(C(=O)OC)C1c1ccc(F)cc1. The second kappa shape index (κ2) is 6.68. The van der Waals surface area contributed by atoms with E-state index in [9.17, 15) is 23.9 Å². The van der Waals surface area contributed by atoms with Gasteiger partial charge in [0, 0.05) is 12.3 Å². The van der Waals surface area contributed by atoms with Gasteiger partial charge in [0.15, 0.2) is 5.78 Å². The molecule has 0 aliphatic heterocycles. The molecule has 1 aliphatic rings. The third kappa shape index (κ3) is 3.17. The standard InChI is InChI=1S/C17H19FO6/c1-17(22)8-11(19)13(15(20)23-2)12(14(17)16(21)24-3)9-4-6-10(18)7-5-9/h4-7,12-14,22H,8H2,1-3H3. The maximum atomic E-state index is 13.2. The summed E-state index contributed by atoms with van der Waals surface area (Å²) in [6, 6.07) is 5.07. The summed E-state index contributed by atoms with van der Waals surface area (Å²) in [5.74, 6) is -6.06. The van der Waals surface area contributed by atoms with Crippen LogP contribution >= 0.6 is 0 Å². The van der Waals surface area contributed by atoms with Gasteiger partial charge in [-0.2, -0.15) is 0 Å². The Bertz CT molecular complexity index is 652. The molecule has 1 aromatic rings. The molecule has 1 N–H and O–H groups in total. The molecule has 1 fully saturated rings. The maximum absolute atomic E-state index is 13.2. The van der Waals surface area contributed by atoms with Crippen LogP contribution in [0, 0.1) is 17.7 Å². The maximum Gasteiger partial charge on any atom is 0.316 e. The molecule has 0 aromatic heterocycles. The number of hydrogen-bond acceptors (Lipinski definition) is 6. The lowest BCUT2D eigenvalue weighted by Crippen LogP contribution is -2.55. The smallest absolute Gasteiger partial charge is 0.316 e. The number of hydrogen-bond donors (Lipinski definition) is 1. The van der Waals surface area contributed by atoms with Crippen LogP contribution in [-0.4, -0.2) is 42.6 Å². The number of ketones is 1. The molecule has 7 heteroatoms. The lowest BCUT2D eigenvalue weighted by atomic mass is 9.62. The van der Waals surface area contributed by atoms with Gasteiger partial charge in [-0.05, 0) is 24.6 Å². The van der Waals surface area contributed by atoms with E-state index in [2.05, 4.69) is 0 Å². The molecular weight excluding hydrogens is 319 g/mol. The van der Waals surface area contributed by atoms with Crippen molar-refractivity contribution < 1.29 is 33.4 Å². The highest BCUT2D eigenvalue weighted by atomic mass is 19.1. The lowest BCUT2D eigenvalue weighted by molar-refractivity contribution is -0.170. The van der Waals surface area contributed by atoms with E-state index >= 15 is 0 Å². The molecule has 0 radical (unpaired) electrons. The average Bonchev–Trinajstić information content (AvgIpc) is 2.53. The van der Waals surface area contributed by atoms with Crippen LogP contribution in [0.2, 0.25) is 0 Å². The molecule has 0 bridgehead atoms. The molecule has 24 heavy (non-hydrogen) atoms. The predicted octanol–water partition coefficient (Wildman–Crippen LogP) is 1.21. The number of halogens is 1. The number of rotatable bonds is 3. The summed E-state index contributed by atoms with van der Waals surface area (Å²) >= 11 is 0. The molecule has 0 amide bonds. The Balaban J connectivity index is 2.63. The topological polar surface area (TPSA) is 89.9 Å². The molecule has 0 spiro atoms. The van der Waals surface area contributed by atoms with Crippen LogP contribution in [0.15, 0.2) is 24.3 Å². The van der Waals surface area contributed by atoms with E-state index in [1.807, 2.05) is 0 Å². The summed E-state index contributed by atoms with van der Waals surface area (Å²) in [5.41, 5.74) is -1.33. The van der Waals surface area contributed by atoms with Gasteiger partial charge in [-0.25, -0.2) is 4.39 Å². The fourth-order valence-corrected chi connectivity index (χ4v) is 3.35. The van der Waals surface area contributed by atoms with Crippen LogP contribution in [0.3, 0.4) is 0 Å². The van der Waals surface area contributed by atoms with E-state index in [1.165, 1.54) is 19.1 Å². The Kier molecular flexibility index (Phi) is 5.03. The quantitative estimate of drug-likeness (QED) is 0.658. The third-order valence-corrected chi connectivity index (χ3v) is 4.43. The summed E-state index contributed by atoms with van der Waals surface area (Å²) in [5, 5.41) is 10.6. The van der Waals surface area contributed by atoms with E-state index in [4.69, 9.17) is 9.47 Å². The van der Waals surface area contributed by atoms with Crippen molar-refractivity contribution in [1.29, 1.82) is 0 Å². The van der Waals surface area contributed by atoms with E-state index in [1.54, 1.807) is 0 Å². The van der Waals surface area contributed by atoms with E-state index in [0.29, 0.717) is 5.56 Å². The van der Waals surface area contributed by atoms with Gasteiger partial charge in [-0.15, -0.1) is 0 Å². The van der Waals surface area contributed by atoms with E-state index in [-0.39, 0.29) is 6.42 Å². The van der Waals surface area contributed by atoms with Gasteiger partial charge in [-0.3, -0.25) is 14.4 Å². The van der Waals surface area contributed by atoms with Gasteiger partial charge in [-0.1, -0.05) is 12.1 Å². The largest absolute Gasteiger partial charge is 0.469 e. The molecule has 130 valence electrons. The van der Waals surface area contributed by atoms with Crippen LogP contribution in [0.5, 0.6) is 0 Å². The van der Waals surface area contributed by atoms with Crippen LogP contribution < -0.4 is 0 Å². The lowest BCUT2D eigenvalue weighted by Gasteiger charge is -2.43. The fraction of sp³-hybridized carbons (Fsp3) is 0.471. The van der Waals surface area contributed by atoms with E-state index in [0.717, 1.165) is 26.4 Å². The van der Waals surface area contributed by atoms with Gasteiger partial charge in [0.05, 0.1) is 25.7 Å². The Morgan fingerprint density at radius 2 is 1.71 bits per heavy atom. The van der Waals surface area contributed by atoms with Crippen LogP contribution in [0.25, 0.3) is 0 Å². The minimum atomic E-state index is -1.70. The van der Waals surface area contributed by atoms with Crippen molar-refractivity contribution in [3.63, 3.8) is 0 Å². The van der Waals surface area contributed by atoms with Crippen LogP contribution in [0.1, 0.15) is 24.8 Å². The summed E-state index contributed by atoms with van der Waals surface area (Å²) in [6.07, 6.45) is -0.385. The van der Waals surface area contributed by atoms with Crippen molar-refractivity contribution >= 4 is 17.7 Å². The summed E-state index contributed by atoms with van der Waals surface area (Å²) < 4.78 is 22.7. The molecule has 2 rings (SSSR count). The van der Waals surface area contributed by atoms with Gasteiger partial charge >= 0.3 is 11.9 Å². The molecule has 0 heterocycles. The first-order valence-corrected chi connectivity index (χ1v) is 7.39. The van der Waals surface area contributed by atoms with Gasteiger partial charge in [0.2, 0.25) is 0 Å². The first-order valence-electron chi connectivity index (χ1n) is 7.39.